The number of nitrogens with one attached hydrogen (secondary N) is 2. The Morgan fingerprint density at radius 1 is 1.39 bits per heavy atom. The third-order valence-corrected chi connectivity index (χ3v) is 5.58. The second-order valence-electron chi connectivity index (χ2n) is 7.57. The van der Waals surface area contributed by atoms with Gasteiger partial charge in [-0.3, -0.25) is 15.4 Å². The highest BCUT2D eigenvalue weighted by atomic mass is 16.6. The molecule has 1 saturated heterocycles. The van der Waals surface area contributed by atoms with Crippen molar-refractivity contribution in [2.75, 3.05) is 25.1 Å². The van der Waals surface area contributed by atoms with Gasteiger partial charge in [-0.2, -0.15) is 0 Å². The highest BCUT2D eigenvalue weighted by Crippen LogP contribution is 2.36. The fourth-order valence-corrected chi connectivity index (χ4v) is 4.08. The van der Waals surface area contributed by atoms with E-state index in [9.17, 15) is 14.9 Å². The fraction of sp³-hybridized carbons (Fsp3) is 0.318. The van der Waals surface area contributed by atoms with E-state index in [-0.39, 0.29) is 17.6 Å². The zero-order chi connectivity index (χ0) is 22.0. The molecule has 2 atom stereocenters. The minimum Gasteiger partial charge on any atom is -0.488 e. The zero-order valence-electron chi connectivity index (χ0n) is 17.0. The van der Waals surface area contributed by atoms with Crippen LogP contribution in [-0.4, -0.2) is 47.0 Å². The van der Waals surface area contributed by atoms with E-state index in [0.29, 0.717) is 35.8 Å². The number of carboxylic acid groups (broad SMARTS) is 1. The maximum atomic E-state index is 11.5. The Bertz CT molecular complexity index is 1120. The Labute approximate surface area is 178 Å². The van der Waals surface area contributed by atoms with Crippen LogP contribution in [0.1, 0.15) is 29.0 Å². The van der Waals surface area contributed by atoms with Gasteiger partial charge in [0.1, 0.15) is 11.9 Å². The molecule has 162 valence electrons. The van der Waals surface area contributed by atoms with Crippen LogP contribution in [0, 0.1) is 17.0 Å². The van der Waals surface area contributed by atoms with Crippen LogP contribution in [0.15, 0.2) is 42.6 Å². The summed E-state index contributed by atoms with van der Waals surface area (Å²) in [6.45, 7) is 2.70. The molecule has 0 saturated carbocycles. The molecule has 1 aromatic heterocycles. The van der Waals surface area contributed by atoms with Crippen molar-refractivity contribution < 1.29 is 24.3 Å². The average Bonchev–Trinajstić information content (AvgIpc) is 3.37. The molecule has 4 rings (SSSR count). The van der Waals surface area contributed by atoms with Crippen LogP contribution < -0.4 is 10.1 Å². The predicted octanol–water partition coefficient (Wildman–Crippen LogP) is 4.14. The summed E-state index contributed by atoms with van der Waals surface area (Å²) in [5.41, 5.74) is 3.36. The van der Waals surface area contributed by atoms with Crippen molar-refractivity contribution in [3.05, 3.63) is 69.4 Å². The van der Waals surface area contributed by atoms with Gasteiger partial charge >= 0.3 is 6.09 Å². The summed E-state index contributed by atoms with van der Waals surface area (Å²) >= 11 is 0. The Hall–Kier alpha value is -3.59. The number of H-pyrrole nitrogens is 1. The molecule has 3 aromatic rings. The number of nitrogens with zero attached hydrogens (tertiary/aromatic N) is 1. The monoisotopic (exact) mass is 425 g/mol. The molecule has 2 heterocycles. The van der Waals surface area contributed by atoms with Gasteiger partial charge in [0.2, 0.25) is 6.54 Å². The Kier molecular flexibility index (Phi) is 5.77. The number of amides is 1. The van der Waals surface area contributed by atoms with E-state index in [0.717, 1.165) is 22.9 Å². The van der Waals surface area contributed by atoms with Crippen LogP contribution in [0.5, 0.6) is 5.75 Å². The first-order valence-electron chi connectivity index (χ1n) is 9.99. The predicted molar refractivity (Wildman–Crippen MR) is 115 cm³/mol. The first-order valence-corrected chi connectivity index (χ1v) is 9.99. The van der Waals surface area contributed by atoms with E-state index in [4.69, 9.17) is 14.6 Å². The summed E-state index contributed by atoms with van der Waals surface area (Å²) in [5.74, 6) is 0.167. The van der Waals surface area contributed by atoms with Crippen LogP contribution in [0.4, 0.5) is 10.5 Å². The number of nitro groups is 1. The molecule has 3 N–H and O–H groups in total. The lowest BCUT2D eigenvalue weighted by Crippen LogP contribution is -2.16. The highest BCUT2D eigenvalue weighted by Gasteiger charge is 2.26. The summed E-state index contributed by atoms with van der Waals surface area (Å²) in [6, 6.07) is 10.8. The lowest BCUT2D eigenvalue weighted by molar-refractivity contribution is -0.481. The number of carbonyl (C=O) groups is 1. The largest absolute Gasteiger partial charge is 0.488 e. The molecule has 9 nitrogen and oxygen atoms in total. The Morgan fingerprint density at radius 3 is 2.94 bits per heavy atom. The molecule has 1 amide bonds. The van der Waals surface area contributed by atoms with Crippen molar-refractivity contribution in [1.29, 1.82) is 0 Å². The van der Waals surface area contributed by atoms with Gasteiger partial charge in [-0.05, 0) is 41.8 Å². The highest BCUT2D eigenvalue weighted by molar-refractivity contribution is 5.87. The molecule has 1 aliphatic rings. The third-order valence-electron chi connectivity index (χ3n) is 5.58. The van der Waals surface area contributed by atoms with Crippen molar-refractivity contribution in [2.45, 2.75) is 25.4 Å². The van der Waals surface area contributed by atoms with Crippen molar-refractivity contribution in [3.8, 4) is 5.75 Å². The molecule has 0 aliphatic carbocycles. The van der Waals surface area contributed by atoms with Crippen LogP contribution in [-0.2, 0) is 4.74 Å². The minimum atomic E-state index is -1.18. The molecule has 0 spiro atoms. The van der Waals surface area contributed by atoms with Gasteiger partial charge in [0, 0.05) is 40.2 Å². The SMILES string of the molecule is Cc1c(NC(=O)O)cccc1C(C[N+](=O)[O-])c1c[nH]c2cc(OC3CCOC3)ccc12. The third kappa shape index (κ3) is 4.46. The van der Waals surface area contributed by atoms with Crippen LogP contribution in [0.3, 0.4) is 0 Å². The fourth-order valence-electron chi connectivity index (χ4n) is 4.08. The molecular formula is C22H23N3O6. The maximum absolute atomic E-state index is 11.5. The summed E-state index contributed by atoms with van der Waals surface area (Å²) in [5, 5.41) is 23.8. The van der Waals surface area contributed by atoms with Gasteiger partial charge in [-0.25, -0.2) is 4.79 Å². The molecule has 1 aliphatic heterocycles. The number of anilines is 1. The van der Waals surface area contributed by atoms with E-state index in [2.05, 4.69) is 10.3 Å². The van der Waals surface area contributed by atoms with Gasteiger partial charge in [-0.1, -0.05) is 12.1 Å². The van der Waals surface area contributed by atoms with E-state index < -0.39 is 12.0 Å². The van der Waals surface area contributed by atoms with Gasteiger partial charge in [0.05, 0.1) is 19.1 Å². The second-order valence-corrected chi connectivity index (χ2v) is 7.57. The normalized spacial score (nSPS) is 16.9. The average molecular weight is 425 g/mol. The summed E-state index contributed by atoms with van der Waals surface area (Å²) in [7, 11) is 0. The first-order chi connectivity index (χ1) is 14.9. The number of aromatic nitrogens is 1. The van der Waals surface area contributed by atoms with Crippen molar-refractivity contribution in [1.82, 2.24) is 4.98 Å². The second kappa shape index (κ2) is 8.65. The van der Waals surface area contributed by atoms with Crippen molar-refractivity contribution >= 4 is 22.7 Å². The van der Waals surface area contributed by atoms with Gasteiger partial charge < -0.3 is 19.6 Å². The first kappa shape index (κ1) is 20.7. The summed E-state index contributed by atoms with van der Waals surface area (Å²) in [6.07, 6.45) is 1.47. The molecule has 2 aromatic carbocycles. The number of fused-ring (bicyclic) bond motifs is 1. The maximum Gasteiger partial charge on any atom is 0.409 e. The molecule has 0 radical (unpaired) electrons. The number of hydrogen-bond acceptors (Lipinski definition) is 5. The molecular weight excluding hydrogens is 402 g/mol. The topological polar surface area (TPSA) is 127 Å². The number of hydrogen-bond donors (Lipinski definition) is 3. The number of ether oxygens (including phenoxy) is 2. The van der Waals surface area contributed by atoms with E-state index >= 15 is 0 Å². The van der Waals surface area contributed by atoms with Crippen molar-refractivity contribution in [3.63, 3.8) is 0 Å². The standard InChI is InChI=1S/C22H23N3O6/c1-13-16(3-2-4-20(13)24-22(26)27)19(11-25(28)29)18-10-23-21-9-14(5-6-17(18)21)31-15-7-8-30-12-15/h2-6,9-10,15,19,23-24H,7-8,11-12H2,1H3,(H,26,27). The molecule has 2 unspecified atom stereocenters. The molecule has 1 fully saturated rings. The van der Waals surface area contributed by atoms with Gasteiger partial charge in [0.15, 0.2) is 0 Å². The van der Waals surface area contributed by atoms with Gasteiger partial charge in [0.25, 0.3) is 0 Å². The van der Waals surface area contributed by atoms with E-state index in [1.807, 2.05) is 18.2 Å². The van der Waals surface area contributed by atoms with Crippen molar-refractivity contribution in [2.24, 2.45) is 0 Å². The lowest BCUT2D eigenvalue weighted by Gasteiger charge is -2.18. The lowest BCUT2D eigenvalue weighted by atomic mass is 9.87. The zero-order valence-corrected chi connectivity index (χ0v) is 17.0. The Balaban J connectivity index is 1.71. The smallest absolute Gasteiger partial charge is 0.409 e. The quantitative estimate of drug-likeness (QED) is 0.386. The summed E-state index contributed by atoms with van der Waals surface area (Å²) in [4.78, 5) is 25.4. The summed E-state index contributed by atoms with van der Waals surface area (Å²) < 4.78 is 11.3. The van der Waals surface area contributed by atoms with E-state index in [1.165, 1.54) is 0 Å². The van der Waals surface area contributed by atoms with Crippen LogP contribution >= 0.6 is 0 Å². The number of rotatable bonds is 7. The van der Waals surface area contributed by atoms with Gasteiger partial charge in [-0.15, -0.1) is 0 Å². The van der Waals surface area contributed by atoms with Crippen LogP contribution in [0.25, 0.3) is 10.9 Å². The van der Waals surface area contributed by atoms with E-state index in [1.54, 1.807) is 31.3 Å². The molecule has 9 heteroatoms. The number of aromatic amines is 1. The molecule has 31 heavy (non-hydrogen) atoms. The Morgan fingerprint density at radius 2 is 2.23 bits per heavy atom. The minimum absolute atomic E-state index is 0.0289. The number of benzene rings is 2. The molecule has 0 bridgehead atoms. The van der Waals surface area contributed by atoms with Crippen LogP contribution in [0.2, 0.25) is 0 Å².